The average Bonchev–Trinajstić information content (AvgIpc) is 2.56. The van der Waals surface area contributed by atoms with Crippen molar-refractivity contribution in [3.05, 3.63) is 0 Å². The summed E-state index contributed by atoms with van der Waals surface area (Å²) < 4.78 is 21.7. The Morgan fingerprint density at radius 1 is 0.769 bits per heavy atom. The molecule has 0 aliphatic rings. The van der Waals surface area contributed by atoms with Gasteiger partial charge in [-0.05, 0) is 27.2 Å². The summed E-state index contributed by atoms with van der Waals surface area (Å²) >= 11 is 0. The van der Waals surface area contributed by atoms with Gasteiger partial charge in [-0.3, -0.25) is 0 Å². The fraction of sp³-hybridized carbons (Fsp3) is 0.950. The molecule has 0 rings (SSSR count). The van der Waals surface area contributed by atoms with Crippen LogP contribution in [-0.2, 0) is 18.9 Å². The van der Waals surface area contributed by atoms with Crippen molar-refractivity contribution in [2.45, 2.75) is 71.8 Å². The van der Waals surface area contributed by atoms with Crippen molar-refractivity contribution < 1.29 is 23.7 Å². The maximum atomic E-state index is 11.7. The molecule has 0 spiro atoms. The summed E-state index contributed by atoms with van der Waals surface area (Å²) in [5.74, 6) is 0. The molecule has 6 nitrogen and oxygen atoms in total. The highest BCUT2D eigenvalue weighted by Crippen LogP contribution is 2.08. The van der Waals surface area contributed by atoms with Crippen LogP contribution in [0.3, 0.4) is 0 Å². The van der Waals surface area contributed by atoms with Crippen molar-refractivity contribution in [1.29, 1.82) is 0 Å². The molecule has 156 valence electrons. The molecule has 0 N–H and O–H groups in total. The molecule has 0 aliphatic carbocycles. The molecule has 6 heteroatoms. The van der Waals surface area contributed by atoms with Crippen molar-refractivity contribution in [1.82, 2.24) is 4.90 Å². The molecule has 0 fully saturated rings. The highest BCUT2D eigenvalue weighted by atomic mass is 16.6. The van der Waals surface area contributed by atoms with Crippen LogP contribution in [0.15, 0.2) is 0 Å². The summed E-state index contributed by atoms with van der Waals surface area (Å²) in [6.45, 7) is 11.9. The molecule has 1 amide bonds. The molecular weight excluding hydrogens is 334 g/mol. The molecule has 0 aromatic heterocycles. The van der Waals surface area contributed by atoms with Crippen LogP contribution in [-0.4, -0.2) is 69.8 Å². The van der Waals surface area contributed by atoms with E-state index in [9.17, 15) is 4.79 Å². The van der Waals surface area contributed by atoms with Gasteiger partial charge in [-0.1, -0.05) is 39.0 Å². The van der Waals surface area contributed by atoms with E-state index in [1.54, 1.807) is 7.05 Å². The van der Waals surface area contributed by atoms with Crippen molar-refractivity contribution >= 4 is 6.09 Å². The summed E-state index contributed by atoms with van der Waals surface area (Å²) in [4.78, 5) is 13.3. The first-order valence-corrected chi connectivity index (χ1v) is 10.0. The Bertz CT molecular complexity index is 331. The van der Waals surface area contributed by atoms with Gasteiger partial charge in [-0.2, -0.15) is 0 Å². The molecule has 0 unspecified atom stereocenters. The molecule has 0 saturated heterocycles. The van der Waals surface area contributed by atoms with Crippen LogP contribution in [0.5, 0.6) is 0 Å². The molecule has 26 heavy (non-hydrogen) atoms. The van der Waals surface area contributed by atoms with Gasteiger partial charge >= 0.3 is 6.09 Å². The highest BCUT2D eigenvalue weighted by Gasteiger charge is 2.19. The van der Waals surface area contributed by atoms with Crippen LogP contribution in [0.1, 0.15) is 66.2 Å². The maximum absolute atomic E-state index is 11.7. The van der Waals surface area contributed by atoms with Crippen molar-refractivity contribution in [3.63, 3.8) is 0 Å². The highest BCUT2D eigenvalue weighted by molar-refractivity contribution is 5.67. The van der Waals surface area contributed by atoms with E-state index in [2.05, 4.69) is 6.92 Å². The smallest absolute Gasteiger partial charge is 0.410 e. The van der Waals surface area contributed by atoms with E-state index in [1.807, 2.05) is 20.8 Å². The minimum absolute atomic E-state index is 0.333. The maximum Gasteiger partial charge on any atom is 0.410 e. The quantitative estimate of drug-likeness (QED) is 0.377. The number of hydrogen-bond donors (Lipinski definition) is 0. The zero-order chi connectivity index (χ0) is 19.7. The normalized spacial score (nSPS) is 11.6. The van der Waals surface area contributed by atoms with Crippen LogP contribution in [0.2, 0.25) is 0 Å². The van der Waals surface area contributed by atoms with E-state index in [0.29, 0.717) is 39.6 Å². The Balaban J connectivity index is 3.28. The van der Waals surface area contributed by atoms with Gasteiger partial charge in [0, 0.05) is 20.2 Å². The van der Waals surface area contributed by atoms with E-state index in [0.717, 1.165) is 13.0 Å². The van der Waals surface area contributed by atoms with Gasteiger partial charge in [0.15, 0.2) is 0 Å². The Labute approximate surface area is 160 Å². The van der Waals surface area contributed by atoms with Crippen molar-refractivity contribution in [2.24, 2.45) is 0 Å². The molecule has 0 aliphatic heterocycles. The van der Waals surface area contributed by atoms with Gasteiger partial charge in [-0.25, -0.2) is 4.79 Å². The largest absolute Gasteiger partial charge is 0.444 e. The van der Waals surface area contributed by atoms with E-state index in [4.69, 9.17) is 18.9 Å². The average molecular weight is 376 g/mol. The first kappa shape index (κ1) is 25.1. The second-order valence-corrected chi connectivity index (χ2v) is 7.51. The Morgan fingerprint density at radius 3 is 1.85 bits per heavy atom. The lowest BCUT2D eigenvalue weighted by Gasteiger charge is -2.24. The molecule has 0 saturated carbocycles. The number of rotatable bonds is 16. The third-order valence-electron chi connectivity index (χ3n) is 3.66. The number of unbranched alkanes of at least 4 members (excludes halogenated alkanes) is 5. The standard InChI is InChI=1S/C20H41NO5/c1-6-7-8-9-10-11-13-23-15-17-25-18-16-24-14-12-21(5)19(22)26-20(2,3)4/h6-18H2,1-5H3. The molecule has 0 bridgehead atoms. The van der Waals surface area contributed by atoms with Gasteiger partial charge in [0.2, 0.25) is 0 Å². The van der Waals surface area contributed by atoms with Gasteiger partial charge < -0.3 is 23.8 Å². The van der Waals surface area contributed by atoms with Gasteiger partial charge in [-0.15, -0.1) is 0 Å². The Kier molecular flexibility index (Phi) is 15.8. The molecule has 0 aromatic carbocycles. The van der Waals surface area contributed by atoms with E-state index in [1.165, 1.54) is 37.0 Å². The minimum atomic E-state index is -0.475. The minimum Gasteiger partial charge on any atom is -0.444 e. The zero-order valence-corrected chi connectivity index (χ0v) is 17.7. The van der Waals surface area contributed by atoms with Crippen molar-refractivity contribution in [2.75, 3.05) is 53.2 Å². The third kappa shape index (κ3) is 18.0. The monoisotopic (exact) mass is 375 g/mol. The lowest BCUT2D eigenvalue weighted by Crippen LogP contribution is -2.36. The second kappa shape index (κ2) is 16.3. The number of likely N-dealkylation sites (N-methyl/N-ethyl adjacent to an activating group) is 1. The number of nitrogens with zero attached hydrogens (tertiary/aromatic N) is 1. The molecule has 0 heterocycles. The first-order chi connectivity index (χ1) is 12.4. The predicted octanol–water partition coefficient (Wildman–Crippen LogP) is 4.26. The Morgan fingerprint density at radius 2 is 1.27 bits per heavy atom. The molecule has 0 atom stereocenters. The van der Waals surface area contributed by atoms with E-state index >= 15 is 0 Å². The first-order valence-electron chi connectivity index (χ1n) is 10.0. The molecular formula is C20H41NO5. The van der Waals surface area contributed by atoms with Crippen LogP contribution in [0, 0.1) is 0 Å². The Hall–Kier alpha value is -0.850. The zero-order valence-electron chi connectivity index (χ0n) is 17.7. The van der Waals surface area contributed by atoms with E-state index < -0.39 is 5.60 Å². The van der Waals surface area contributed by atoms with E-state index in [-0.39, 0.29) is 6.09 Å². The summed E-state index contributed by atoms with van der Waals surface area (Å²) in [6.07, 6.45) is 7.34. The number of carbonyl (C=O) groups excluding carboxylic acids is 1. The fourth-order valence-corrected chi connectivity index (χ4v) is 2.16. The lowest BCUT2D eigenvalue weighted by atomic mass is 10.1. The SMILES string of the molecule is CCCCCCCCOCCOCCOCCN(C)C(=O)OC(C)(C)C. The lowest BCUT2D eigenvalue weighted by molar-refractivity contribution is 0.00443. The number of amides is 1. The summed E-state index contributed by atoms with van der Waals surface area (Å²) in [6, 6.07) is 0. The summed E-state index contributed by atoms with van der Waals surface area (Å²) in [7, 11) is 1.70. The topological polar surface area (TPSA) is 57.2 Å². The molecule has 0 aromatic rings. The van der Waals surface area contributed by atoms with Gasteiger partial charge in [0.25, 0.3) is 0 Å². The van der Waals surface area contributed by atoms with Crippen molar-refractivity contribution in [3.8, 4) is 0 Å². The van der Waals surface area contributed by atoms with Crippen LogP contribution < -0.4 is 0 Å². The fourth-order valence-electron chi connectivity index (χ4n) is 2.16. The number of carbonyl (C=O) groups is 1. The van der Waals surface area contributed by atoms with Gasteiger partial charge in [0.1, 0.15) is 5.60 Å². The second-order valence-electron chi connectivity index (χ2n) is 7.51. The van der Waals surface area contributed by atoms with Crippen LogP contribution in [0.25, 0.3) is 0 Å². The summed E-state index contributed by atoms with van der Waals surface area (Å²) in [5.41, 5.74) is -0.475. The number of ether oxygens (including phenoxy) is 4. The van der Waals surface area contributed by atoms with Gasteiger partial charge in [0.05, 0.1) is 33.0 Å². The van der Waals surface area contributed by atoms with Crippen LogP contribution >= 0.6 is 0 Å². The summed E-state index contributed by atoms with van der Waals surface area (Å²) in [5, 5.41) is 0. The number of hydrogen-bond acceptors (Lipinski definition) is 5. The van der Waals surface area contributed by atoms with Crippen LogP contribution in [0.4, 0.5) is 4.79 Å². The molecule has 0 radical (unpaired) electrons. The third-order valence-corrected chi connectivity index (χ3v) is 3.66. The predicted molar refractivity (Wildman–Crippen MR) is 105 cm³/mol.